The fraction of sp³-hybridized carbons (Fsp3) is 0. The van der Waals surface area contributed by atoms with Crippen LogP contribution in [0, 0.1) is 0 Å². The van der Waals surface area contributed by atoms with Gasteiger partial charge in [0.1, 0.15) is 11.2 Å². The zero-order valence-corrected chi connectivity index (χ0v) is 25.7. The Morgan fingerprint density at radius 1 is 0.396 bits per heavy atom. The van der Waals surface area contributed by atoms with Gasteiger partial charge in [0.05, 0.1) is 11.0 Å². The summed E-state index contributed by atoms with van der Waals surface area (Å²) >= 11 is 0. The molecule has 0 atom stereocenters. The van der Waals surface area contributed by atoms with Gasteiger partial charge in [0, 0.05) is 43.9 Å². The van der Waals surface area contributed by atoms with Gasteiger partial charge < -0.3 is 8.98 Å². The summed E-state index contributed by atoms with van der Waals surface area (Å²) in [5.41, 5.74) is 7.89. The summed E-state index contributed by atoms with van der Waals surface area (Å²) in [7, 11) is 0. The third-order valence-electron chi connectivity index (χ3n) is 9.23. The molecule has 0 unspecified atom stereocenters. The van der Waals surface area contributed by atoms with Gasteiger partial charge in [0.15, 0.2) is 17.5 Å². The number of benzene rings is 7. The van der Waals surface area contributed by atoms with Crippen molar-refractivity contribution in [2.45, 2.75) is 0 Å². The van der Waals surface area contributed by atoms with Crippen LogP contribution in [0.15, 0.2) is 162 Å². The van der Waals surface area contributed by atoms with Gasteiger partial charge in [-0.05, 0) is 53.2 Å². The van der Waals surface area contributed by atoms with Crippen LogP contribution < -0.4 is 0 Å². The molecule has 0 aliphatic carbocycles. The molecule has 10 rings (SSSR count). The Balaban J connectivity index is 1.21. The third-order valence-corrected chi connectivity index (χ3v) is 9.23. The predicted molar refractivity (Wildman–Crippen MR) is 195 cm³/mol. The molecule has 224 valence electrons. The van der Waals surface area contributed by atoms with Gasteiger partial charge >= 0.3 is 0 Å². The molecular weight excluding hydrogens is 589 g/mol. The van der Waals surface area contributed by atoms with Crippen LogP contribution in [0.4, 0.5) is 0 Å². The number of furan rings is 1. The molecule has 0 aliphatic heterocycles. The maximum absolute atomic E-state index is 6.22. The third kappa shape index (κ3) is 4.15. The maximum atomic E-state index is 6.22. The van der Waals surface area contributed by atoms with Crippen LogP contribution in [0.5, 0.6) is 0 Å². The van der Waals surface area contributed by atoms with Gasteiger partial charge in [-0.1, -0.05) is 115 Å². The first-order chi connectivity index (χ1) is 23.8. The van der Waals surface area contributed by atoms with Crippen LogP contribution in [0.2, 0.25) is 0 Å². The predicted octanol–water partition coefficient (Wildman–Crippen LogP) is 11.0. The molecule has 5 nitrogen and oxygen atoms in total. The topological polar surface area (TPSA) is 56.7 Å². The number of hydrogen-bond donors (Lipinski definition) is 0. The maximum Gasteiger partial charge on any atom is 0.164 e. The minimum Gasteiger partial charge on any atom is -0.456 e. The number of para-hydroxylation sites is 3. The van der Waals surface area contributed by atoms with E-state index in [1.807, 2.05) is 48.5 Å². The van der Waals surface area contributed by atoms with Crippen LogP contribution in [-0.4, -0.2) is 19.5 Å². The van der Waals surface area contributed by atoms with Crippen molar-refractivity contribution >= 4 is 54.5 Å². The highest BCUT2D eigenvalue weighted by molar-refractivity contribution is 6.19. The van der Waals surface area contributed by atoms with E-state index in [4.69, 9.17) is 19.4 Å². The first-order valence-electron chi connectivity index (χ1n) is 16.0. The van der Waals surface area contributed by atoms with Gasteiger partial charge in [-0.15, -0.1) is 0 Å². The highest BCUT2D eigenvalue weighted by Gasteiger charge is 2.18. The summed E-state index contributed by atoms with van der Waals surface area (Å²) in [5, 5.41) is 6.82. The Morgan fingerprint density at radius 2 is 1.00 bits per heavy atom. The molecule has 10 aromatic rings. The second kappa shape index (κ2) is 10.5. The van der Waals surface area contributed by atoms with Crippen LogP contribution in [0.3, 0.4) is 0 Å². The Bertz CT molecular complexity index is 2830. The zero-order valence-electron chi connectivity index (χ0n) is 25.7. The Morgan fingerprint density at radius 3 is 1.81 bits per heavy atom. The highest BCUT2D eigenvalue weighted by Crippen LogP contribution is 2.38. The minimum absolute atomic E-state index is 0.620. The smallest absolute Gasteiger partial charge is 0.164 e. The zero-order chi connectivity index (χ0) is 31.6. The summed E-state index contributed by atoms with van der Waals surface area (Å²) < 4.78 is 8.53. The van der Waals surface area contributed by atoms with E-state index < -0.39 is 0 Å². The fourth-order valence-corrected chi connectivity index (χ4v) is 7.00. The lowest BCUT2D eigenvalue weighted by Gasteiger charge is -2.11. The van der Waals surface area contributed by atoms with Crippen LogP contribution >= 0.6 is 0 Å². The lowest BCUT2D eigenvalue weighted by molar-refractivity contribution is 0.669. The molecule has 0 saturated carbocycles. The molecule has 48 heavy (non-hydrogen) atoms. The van der Waals surface area contributed by atoms with E-state index in [2.05, 4.69) is 114 Å². The molecule has 0 spiro atoms. The summed E-state index contributed by atoms with van der Waals surface area (Å²) in [6.45, 7) is 0. The van der Waals surface area contributed by atoms with Crippen molar-refractivity contribution < 1.29 is 4.42 Å². The molecule has 5 heteroatoms. The van der Waals surface area contributed by atoms with Gasteiger partial charge in [0.25, 0.3) is 0 Å². The summed E-state index contributed by atoms with van der Waals surface area (Å²) in [5.74, 6) is 1.87. The van der Waals surface area contributed by atoms with Gasteiger partial charge in [-0.3, -0.25) is 0 Å². The van der Waals surface area contributed by atoms with Gasteiger partial charge in [-0.25, -0.2) is 15.0 Å². The normalized spacial score (nSPS) is 11.8. The van der Waals surface area contributed by atoms with Crippen molar-refractivity contribution in [2.75, 3.05) is 0 Å². The average molecular weight is 615 g/mol. The van der Waals surface area contributed by atoms with E-state index in [9.17, 15) is 0 Å². The van der Waals surface area contributed by atoms with E-state index in [1.165, 1.54) is 10.8 Å². The Kier molecular flexibility index (Phi) is 5.81. The summed E-state index contributed by atoms with van der Waals surface area (Å²) in [6.07, 6.45) is 0. The highest BCUT2D eigenvalue weighted by atomic mass is 16.3. The molecule has 0 saturated heterocycles. The molecule has 0 amide bonds. The number of aromatic nitrogens is 4. The SMILES string of the molecule is c1ccc(-c2nc(-c3ccc4ccc5oc6ccccc6c5c4c3)nc(-c3ccc4c5ccccc5n(-c5ccccc5)c4c3)n2)cc1. The Labute approximate surface area is 275 Å². The largest absolute Gasteiger partial charge is 0.456 e. The molecule has 0 radical (unpaired) electrons. The average Bonchev–Trinajstić information content (AvgIpc) is 3.71. The van der Waals surface area contributed by atoms with Crippen molar-refractivity contribution in [1.82, 2.24) is 19.5 Å². The van der Waals surface area contributed by atoms with E-state index in [0.29, 0.717) is 17.5 Å². The lowest BCUT2D eigenvalue weighted by Crippen LogP contribution is -2.00. The molecule has 3 heterocycles. The molecule has 3 aromatic heterocycles. The first kappa shape index (κ1) is 26.6. The monoisotopic (exact) mass is 614 g/mol. The van der Waals surface area contributed by atoms with Gasteiger partial charge in [0.2, 0.25) is 0 Å². The molecular formula is C43H26N4O. The Hall–Kier alpha value is -6.59. The lowest BCUT2D eigenvalue weighted by atomic mass is 10.0. The summed E-state index contributed by atoms with van der Waals surface area (Å²) in [4.78, 5) is 15.3. The van der Waals surface area contributed by atoms with Gasteiger partial charge in [-0.2, -0.15) is 0 Å². The molecule has 0 fully saturated rings. The van der Waals surface area contributed by atoms with E-state index in [0.717, 1.165) is 66.1 Å². The minimum atomic E-state index is 0.620. The number of rotatable bonds is 4. The second-order valence-corrected chi connectivity index (χ2v) is 12.1. The molecule has 0 N–H and O–H groups in total. The first-order valence-corrected chi connectivity index (χ1v) is 16.0. The van der Waals surface area contributed by atoms with E-state index in [1.54, 1.807) is 0 Å². The standard InChI is InChI=1S/C43H26N4O/c1-3-11-28(12-4-1)41-44-42(29-20-19-27-22-24-39-40(35(27)25-29)34-16-8-10-18-38(34)48-39)46-43(45-41)30-21-23-33-32-15-7-9-17-36(32)47(37(33)26-30)31-13-5-2-6-14-31/h1-26H. The van der Waals surface area contributed by atoms with Crippen molar-refractivity contribution in [3.8, 4) is 39.9 Å². The molecule has 0 aliphatic rings. The number of fused-ring (bicyclic) bond motifs is 8. The second-order valence-electron chi connectivity index (χ2n) is 12.1. The van der Waals surface area contributed by atoms with Crippen molar-refractivity contribution in [3.05, 3.63) is 158 Å². The molecule has 7 aromatic carbocycles. The van der Waals surface area contributed by atoms with Crippen molar-refractivity contribution in [1.29, 1.82) is 0 Å². The molecule has 0 bridgehead atoms. The van der Waals surface area contributed by atoms with Crippen molar-refractivity contribution in [3.63, 3.8) is 0 Å². The number of nitrogens with zero attached hydrogens (tertiary/aromatic N) is 4. The summed E-state index contributed by atoms with van der Waals surface area (Å²) in [6, 6.07) is 54.5. The fourth-order valence-electron chi connectivity index (χ4n) is 7.00. The van der Waals surface area contributed by atoms with E-state index >= 15 is 0 Å². The van der Waals surface area contributed by atoms with Crippen molar-refractivity contribution in [2.24, 2.45) is 0 Å². The van der Waals surface area contributed by atoms with E-state index in [-0.39, 0.29) is 0 Å². The van der Waals surface area contributed by atoms with Crippen LogP contribution in [0.1, 0.15) is 0 Å². The van der Waals surface area contributed by atoms with Crippen LogP contribution in [0.25, 0.3) is 94.4 Å². The van der Waals surface area contributed by atoms with Crippen LogP contribution in [-0.2, 0) is 0 Å². The quantitative estimate of drug-likeness (QED) is 0.198. The number of hydrogen-bond acceptors (Lipinski definition) is 4.